The summed E-state index contributed by atoms with van der Waals surface area (Å²) in [4.78, 5) is 2.54. The highest BCUT2D eigenvalue weighted by atomic mass is 15.2. The van der Waals surface area contributed by atoms with Crippen LogP contribution in [-0.4, -0.2) is 30.6 Å². The quantitative estimate of drug-likeness (QED) is 0.721. The lowest BCUT2D eigenvalue weighted by molar-refractivity contribution is 0.106. The van der Waals surface area contributed by atoms with Gasteiger partial charge >= 0.3 is 0 Å². The molecule has 2 atom stereocenters. The number of nitrogens with two attached hydrogens (primary N) is 1. The second-order valence-corrected chi connectivity index (χ2v) is 5.94. The van der Waals surface area contributed by atoms with Gasteiger partial charge in [-0.15, -0.1) is 0 Å². The van der Waals surface area contributed by atoms with Crippen LogP contribution < -0.4 is 5.73 Å². The van der Waals surface area contributed by atoms with Crippen LogP contribution >= 0.6 is 0 Å². The molecular weight excluding hydrogens is 208 g/mol. The van der Waals surface area contributed by atoms with Crippen LogP contribution in [0.15, 0.2) is 0 Å². The largest absolute Gasteiger partial charge is 0.329 e. The molecule has 0 heterocycles. The third kappa shape index (κ3) is 3.96. The second kappa shape index (κ2) is 7.38. The van der Waals surface area contributed by atoms with Gasteiger partial charge in [-0.3, -0.25) is 4.90 Å². The van der Waals surface area contributed by atoms with Crippen molar-refractivity contribution in [1.29, 1.82) is 0 Å². The minimum absolute atomic E-state index is 0.304. The number of rotatable bonds is 6. The zero-order valence-corrected chi connectivity index (χ0v) is 12.2. The molecule has 2 N–H and O–H groups in total. The maximum absolute atomic E-state index is 6.12. The van der Waals surface area contributed by atoms with Crippen molar-refractivity contribution in [3.8, 4) is 0 Å². The molecule has 102 valence electrons. The lowest BCUT2D eigenvalue weighted by Gasteiger charge is -2.41. The van der Waals surface area contributed by atoms with E-state index >= 15 is 0 Å². The number of hydrogen-bond acceptors (Lipinski definition) is 2. The molecule has 2 heteroatoms. The summed E-state index contributed by atoms with van der Waals surface area (Å²) in [6, 6.07) is 0. The van der Waals surface area contributed by atoms with Crippen LogP contribution in [0.25, 0.3) is 0 Å². The highest BCUT2D eigenvalue weighted by molar-refractivity contribution is 4.92. The molecule has 2 unspecified atom stereocenters. The van der Waals surface area contributed by atoms with Crippen molar-refractivity contribution in [2.24, 2.45) is 11.7 Å². The van der Waals surface area contributed by atoms with E-state index < -0.39 is 0 Å². The third-order valence-corrected chi connectivity index (χ3v) is 4.72. The van der Waals surface area contributed by atoms with E-state index in [2.05, 4.69) is 25.8 Å². The summed E-state index contributed by atoms with van der Waals surface area (Å²) >= 11 is 0. The van der Waals surface area contributed by atoms with Crippen LogP contribution in [0, 0.1) is 5.92 Å². The van der Waals surface area contributed by atoms with Crippen molar-refractivity contribution in [2.45, 2.75) is 70.8 Å². The van der Waals surface area contributed by atoms with E-state index in [0.29, 0.717) is 5.54 Å². The van der Waals surface area contributed by atoms with Crippen molar-refractivity contribution < 1.29 is 0 Å². The molecule has 1 rings (SSSR count). The molecule has 0 aromatic heterocycles. The van der Waals surface area contributed by atoms with Gasteiger partial charge in [-0.2, -0.15) is 0 Å². The van der Waals surface area contributed by atoms with Crippen LogP contribution in [-0.2, 0) is 0 Å². The maximum Gasteiger partial charge on any atom is 0.0328 e. The molecule has 17 heavy (non-hydrogen) atoms. The molecule has 0 aromatic rings. The fourth-order valence-corrected chi connectivity index (χ4v) is 3.47. The van der Waals surface area contributed by atoms with E-state index in [-0.39, 0.29) is 0 Å². The van der Waals surface area contributed by atoms with E-state index in [1.54, 1.807) is 0 Å². The first-order chi connectivity index (χ1) is 8.18. The molecule has 1 fully saturated rings. The molecule has 2 nitrogen and oxygen atoms in total. The summed E-state index contributed by atoms with van der Waals surface area (Å²) in [6.07, 6.45) is 10.8. The fraction of sp³-hybridized carbons (Fsp3) is 1.00. The van der Waals surface area contributed by atoms with Gasteiger partial charge in [0.2, 0.25) is 0 Å². The van der Waals surface area contributed by atoms with Gasteiger partial charge in [0.1, 0.15) is 0 Å². The van der Waals surface area contributed by atoms with E-state index in [0.717, 1.165) is 12.5 Å². The Balaban J connectivity index is 2.60. The molecule has 1 aliphatic rings. The Hall–Kier alpha value is -0.0800. The Morgan fingerprint density at radius 1 is 1.18 bits per heavy atom. The second-order valence-electron chi connectivity index (χ2n) is 5.94. The molecule has 1 saturated carbocycles. The van der Waals surface area contributed by atoms with Gasteiger partial charge in [0, 0.05) is 12.1 Å². The first-order valence-corrected chi connectivity index (χ1v) is 7.59. The Morgan fingerprint density at radius 2 is 1.94 bits per heavy atom. The topological polar surface area (TPSA) is 29.3 Å². The van der Waals surface area contributed by atoms with Crippen molar-refractivity contribution in [2.75, 3.05) is 20.1 Å². The Kier molecular flexibility index (Phi) is 6.50. The van der Waals surface area contributed by atoms with Crippen LogP contribution in [0.3, 0.4) is 0 Å². The Morgan fingerprint density at radius 3 is 2.53 bits per heavy atom. The molecule has 0 aromatic carbocycles. The maximum atomic E-state index is 6.12. The average molecular weight is 240 g/mol. The van der Waals surface area contributed by atoms with E-state index in [1.165, 1.54) is 57.9 Å². The van der Waals surface area contributed by atoms with Gasteiger partial charge in [0.25, 0.3) is 0 Å². The van der Waals surface area contributed by atoms with E-state index in [4.69, 9.17) is 5.73 Å². The van der Waals surface area contributed by atoms with Crippen molar-refractivity contribution in [1.82, 2.24) is 4.90 Å². The van der Waals surface area contributed by atoms with Crippen molar-refractivity contribution >= 4 is 0 Å². The van der Waals surface area contributed by atoms with Crippen LogP contribution in [0.2, 0.25) is 0 Å². The number of likely N-dealkylation sites (N-methyl/N-ethyl adjacent to an activating group) is 1. The molecule has 0 bridgehead atoms. The summed E-state index contributed by atoms with van der Waals surface area (Å²) in [7, 11) is 2.27. The smallest absolute Gasteiger partial charge is 0.0328 e. The SMILES string of the molecule is CCCC1CCCC(CN)(N(C)CCC)CC1. The highest BCUT2D eigenvalue weighted by Crippen LogP contribution is 2.35. The first-order valence-electron chi connectivity index (χ1n) is 7.59. The van der Waals surface area contributed by atoms with Gasteiger partial charge in [-0.25, -0.2) is 0 Å². The lowest BCUT2D eigenvalue weighted by Crippen LogP contribution is -2.52. The van der Waals surface area contributed by atoms with Crippen molar-refractivity contribution in [3.05, 3.63) is 0 Å². The molecular formula is C15H32N2. The van der Waals surface area contributed by atoms with Gasteiger partial charge in [0.05, 0.1) is 0 Å². The summed E-state index contributed by atoms with van der Waals surface area (Å²) in [5, 5.41) is 0. The highest BCUT2D eigenvalue weighted by Gasteiger charge is 2.34. The third-order valence-electron chi connectivity index (χ3n) is 4.72. The zero-order chi connectivity index (χ0) is 12.7. The standard InChI is InChI=1S/C15H32N2/c1-4-7-14-8-6-10-15(13-16,11-9-14)17(3)12-5-2/h14H,4-13,16H2,1-3H3. The predicted molar refractivity (Wildman–Crippen MR) is 76.2 cm³/mol. The van der Waals surface area contributed by atoms with E-state index in [9.17, 15) is 0 Å². The van der Waals surface area contributed by atoms with Gasteiger partial charge < -0.3 is 5.73 Å². The Bertz CT molecular complexity index is 205. The van der Waals surface area contributed by atoms with Gasteiger partial charge in [0.15, 0.2) is 0 Å². The van der Waals surface area contributed by atoms with Crippen LogP contribution in [0.5, 0.6) is 0 Å². The molecule has 0 amide bonds. The molecule has 0 spiro atoms. The summed E-state index contributed by atoms with van der Waals surface area (Å²) < 4.78 is 0. The minimum atomic E-state index is 0.304. The minimum Gasteiger partial charge on any atom is -0.329 e. The van der Waals surface area contributed by atoms with Crippen LogP contribution in [0.4, 0.5) is 0 Å². The lowest BCUT2D eigenvalue weighted by atomic mass is 9.87. The number of nitrogens with zero attached hydrogens (tertiary/aromatic N) is 1. The molecule has 1 aliphatic carbocycles. The van der Waals surface area contributed by atoms with Gasteiger partial charge in [-0.1, -0.05) is 39.5 Å². The van der Waals surface area contributed by atoms with E-state index in [1.807, 2.05) is 0 Å². The van der Waals surface area contributed by atoms with Gasteiger partial charge in [-0.05, 0) is 45.2 Å². The molecule has 0 saturated heterocycles. The average Bonchev–Trinajstić information content (AvgIpc) is 2.53. The van der Waals surface area contributed by atoms with Crippen LogP contribution in [0.1, 0.15) is 65.2 Å². The summed E-state index contributed by atoms with van der Waals surface area (Å²) in [5.74, 6) is 0.962. The predicted octanol–water partition coefficient (Wildman–Crippen LogP) is 3.41. The van der Waals surface area contributed by atoms with Crippen molar-refractivity contribution in [3.63, 3.8) is 0 Å². The Labute approximate surface area is 108 Å². The number of hydrogen-bond donors (Lipinski definition) is 1. The monoisotopic (exact) mass is 240 g/mol. The summed E-state index contributed by atoms with van der Waals surface area (Å²) in [5.41, 5.74) is 6.42. The summed E-state index contributed by atoms with van der Waals surface area (Å²) in [6.45, 7) is 6.60. The first kappa shape index (κ1) is 15.0. The normalized spacial score (nSPS) is 30.5. The molecule has 0 radical (unpaired) electrons. The molecule has 0 aliphatic heterocycles. The fourth-order valence-electron chi connectivity index (χ4n) is 3.47. The zero-order valence-electron chi connectivity index (χ0n) is 12.2.